The van der Waals surface area contributed by atoms with Gasteiger partial charge >= 0.3 is 0 Å². The molecule has 5 heteroatoms. The number of nitrogens with zero attached hydrogens (tertiary/aromatic N) is 1. The van der Waals surface area contributed by atoms with Crippen molar-refractivity contribution >= 4 is 17.4 Å². The van der Waals surface area contributed by atoms with Gasteiger partial charge < -0.3 is 10.8 Å². The Hall–Kier alpha value is -1.65. The van der Waals surface area contributed by atoms with Crippen molar-refractivity contribution in [2.24, 2.45) is 0 Å². The minimum atomic E-state index is -1.02. The Morgan fingerprint density at radius 1 is 1.39 bits per heavy atom. The Morgan fingerprint density at radius 2 is 2.11 bits per heavy atom. The molecule has 0 aliphatic heterocycles. The number of hydrogen-bond donors (Lipinski definition) is 2. The summed E-state index contributed by atoms with van der Waals surface area (Å²) < 4.78 is 13.3. The molecule has 0 amide bonds. The quantitative estimate of drug-likeness (QED) is 0.879. The van der Waals surface area contributed by atoms with Gasteiger partial charge in [-0.1, -0.05) is 17.7 Å². The Labute approximate surface area is 109 Å². The van der Waals surface area contributed by atoms with Gasteiger partial charge in [0.15, 0.2) is 0 Å². The summed E-state index contributed by atoms with van der Waals surface area (Å²) in [5.41, 5.74) is 7.41. The Kier molecular flexibility index (Phi) is 3.50. The largest absolute Gasteiger partial charge is 0.384 e. The lowest BCUT2D eigenvalue weighted by Gasteiger charge is -2.14. The van der Waals surface area contributed by atoms with Crippen LogP contribution < -0.4 is 5.73 Å². The molecule has 0 radical (unpaired) electrons. The van der Waals surface area contributed by atoms with Gasteiger partial charge in [0.25, 0.3) is 0 Å². The Balaban J connectivity index is 2.44. The number of aromatic nitrogens is 1. The van der Waals surface area contributed by atoms with E-state index in [2.05, 4.69) is 4.98 Å². The normalized spacial score (nSPS) is 12.4. The number of nitrogen functional groups attached to an aromatic ring is 1. The number of hydrogen-bond acceptors (Lipinski definition) is 3. The molecule has 18 heavy (non-hydrogen) atoms. The summed E-state index contributed by atoms with van der Waals surface area (Å²) >= 11 is 5.59. The molecule has 3 N–H and O–H groups in total. The highest BCUT2D eigenvalue weighted by Crippen LogP contribution is 2.28. The standard InChI is InChI=1S/C13H12ClFN2O/c1-7-4-9(13(16)17-6-7)12(18)8-2-3-10(14)11(15)5-8/h2-6,12,18H,1H3,(H2,16,17). The van der Waals surface area contributed by atoms with Crippen LogP contribution in [-0.4, -0.2) is 10.1 Å². The fourth-order valence-electron chi connectivity index (χ4n) is 1.68. The predicted molar refractivity (Wildman–Crippen MR) is 68.9 cm³/mol. The van der Waals surface area contributed by atoms with Crippen LogP contribution in [0, 0.1) is 12.7 Å². The third-order valence-corrected chi connectivity index (χ3v) is 2.95. The molecule has 0 fully saturated rings. The first kappa shape index (κ1) is 12.8. The Bertz CT molecular complexity index is 589. The molecular weight excluding hydrogens is 255 g/mol. The zero-order chi connectivity index (χ0) is 13.3. The van der Waals surface area contributed by atoms with Crippen molar-refractivity contribution in [3.8, 4) is 0 Å². The third-order valence-electron chi connectivity index (χ3n) is 2.64. The second-order valence-corrected chi connectivity index (χ2v) is 4.47. The van der Waals surface area contributed by atoms with E-state index in [0.29, 0.717) is 11.1 Å². The molecule has 0 saturated carbocycles. The minimum absolute atomic E-state index is 0.0151. The van der Waals surface area contributed by atoms with Crippen molar-refractivity contribution < 1.29 is 9.50 Å². The van der Waals surface area contributed by atoms with Crippen molar-refractivity contribution in [2.45, 2.75) is 13.0 Å². The summed E-state index contributed by atoms with van der Waals surface area (Å²) in [6.45, 7) is 1.84. The fourth-order valence-corrected chi connectivity index (χ4v) is 1.80. The zero-order valence-electron chi connectivity index (χ0n) is 9.69. The minimum Gasteiger partial charge on any atom is -0.384 e. The average molecular weight is 267 g/mol. The van der Waals surface area contributed by atoms with Crippen molar-refractivity contribution in [1.29, 1.82) is 0 Å². The summed E-state index contributed by atoms with van der Waals surface area (Å²) in [4.78, 5) is 3.96. The first-order valence-corrected chi connectivity index (χ1v) is 5.72. The maximum atomic E-state index is 13.3. The van der Waals surface area contributed by atoms with E-state index in [9.17, 15) is 9.50 Å². The molecule has 1 aromatic heterocycles. The molecule has 2 rings (SSSR count). The molecule has 3 nitrogen and oxygen atoms in total. The number of aliphatic hydroxyl groups is 1. The van der Waals surface area contributed by atoms with Crippen LogP contribution in [0.3, 0.4) is 0 Å². The van der Waals surface area contributed by atoms with E-state index in [-0.39, 0.29) is 10.8 Å². The monoisotopic (exact) mass is 266 g/mol. The van der Waals surface area contributed by atoms with Crippen LogP contribution in [0.4, 0.5) is 10.2 Å². The van der Waals surface area contributed by atoms with Crippen molar-refractivity contribution in [3.05, 3.63) is 58.0 Å². The van der Waals surface area contributed by atoms with E-state index in [1.165, 1.54) is 12.1 Å². The first-order valence-electron chi connectivity index (χ1n) is 5.34. The van der Waals surface area contributed by atoms with Crippen LogP contribution in [0.1, 0.15) is 22.8 Å². The van der Waals surface area contributed by atoms with Gasteiger partial charge in [0.05, 0.1) is 5.02 Å². The summed E-state index contributed by atoms with van der Waals surface area (Å²) in [5, 5.41) is 10.2. The SMILES string of the molecule is Cc1cnc(N)c(C(O)c2ccc(Cl)c(F)c2)c1. The fraction of sp³-hybridized carbons (Fsp3) is 0.154. The lowest BCUT2D eigenvalue weighted by Crippen LogP contribution is -2.06. The number of anilines is 1. The highest BCUT2D eigenvalue weighted by molar-refractivity contribution is 6.30. The number of benzene rings is 1. The second kappa shape index (κ2) is 4.92. The van der Waals surface area contributed by atoms with Gasteiger partial charge in [-0.05, 0) is 36.2 Å². The number of halogens is 2. The molecular formula is C13H12ClFN2O. The van der Waals surface area contributed by atoms with Crippen LogP contribution >= 0.6 is 11.6 Å². The van der Waals surface area contributed by atoms with Crippen molar-refractivity contribution in [1.82, 2.24) is 4.98 Å². The van der Waals surface area contributed by atoms with Crippen LogP contribution in [-0.2, 0) is 0 Å². The molecule has 1 unspecified atom stereocenters. The van der Waals surface area contributed by atoms with Gasteiger partial charge in [-0.2, -0.15) is 0 Å². The molecule has 1 aromatic carbocycles. The number of pyridine rings is 1. The highest BCUT2D eigenvalue weighted by Gasteiger charge is 2.16. The third kappa shape index (κ3) is 2.44. The van der Waals surface area contributed by atoms with Gasteiger partial charge in [-0.15, -0.1) is 0 Å². The maximum Gasteiger partial charge on any atom is 0.142 e. The van der Waals surface area contributed by atoms with E-state index < -0.39 is 11.9 Å². The van der Waals surface area contributed by atoms with Crippen LogP contribution in [0.2, 0.25) is 5.02 Å². The van der Waals surface area contributed by atoms with Crippen molar-refractivity contribution in [3.63, 3.8) is 0 Å². The van der Waals surface area contributed by atoms with Crippen LogP contribution in [0.25, 0.3) is 0 Å². The first-order chi connectivity index (χ1) is 8.49. The number of nitrogens with two attached hydrogens (primary N) is 1. The van der Waals surface area contributed by atoms with Crippen LogP contribution in [0.5, 0.6) is 0 Å². The molecule has 2 aromatic rings. The molecule has 1 atom stereocenters. The van der Waals surface area contributed by atoms with E-state index in [4.69, 9.17) is 17.3 Å². The van der Waals surface area contributed by atoms with Gasteiger partial charge in [0.1, 0.15) is 17.7 Å². The molecule has 0 saturated heterocycles. The molecule has 0 spiro atoms. The van der Waals surface area contributed by atoms with Crippen LogP contribution in [0.15, 0.2) is 30.5 Å². The summed E-state index contributed by atoms with van der Waals surface area (Å²) in [6.07, 6.45) is 0.581. The second-order valence-electron chi connectivity index (χ2n) is 4.06. The zero-order valence-corrected chi connectivity index (χ0v) is 10.4. The number of rotatable bonds is 2. The number of aryl methyl sites for hydroxylation is 1. The van der Waals surface area contributed by atoms with Gasteiger partial charge in [-0.25, -0.2) is 9.37 Å². The van der Waals surface area contributed by atoms with E-state index >= 15 is 0 Å². The van der Waals surface area contributed by atoms with E-state index in [0.717, 1.165) is 5.56 Å². The lowest BCUT2D eigenvalue weighted by atomic mass is 10.0. The molecule has 94 valence electrons. The van der Waals surface area contributed by atoms with Crippen molar-refractivity contribution in [2.75, 3.05) is 5.73 Å². The molecule has 0 aliphatic carbocycles. The predicted octanol–water partition coefficient (Wildman–Crippen LogP) is 2.85. The summed E-state index contributed by atoms with van der Waals surface area (Å²) in [5.74, 6) is -0.351. The van der Waals surface area contributed by atoms with Gasteiger partial charge in [-0.3, -0.25) is 0 Å². The van der Waals surface area contributed by atoms with Gasteiger partial charge in [0.2, 0.25) is 0 Å². The number of aliphatic hydroxyl groups excluding tert-OH is 1. The topological polar surface area (TPSA) is 59.1 Å². The molecule has 0 bridgehead atoms. The lowest BCUT2D eigenvalue weighted by molar-refractivity contribution is 0.220. The van der Waals surface area contributed by atoms with E-state index in [1.807, 2.05) is 6.92 Å². The summed E-state index contributed by atoms with van der Waals surface area (Å²) in [6, 6.07) is 5.86. The maximum absolute atomic E-state index is 13.3. The smallest absolute Gasteiger partial charge is 0.142 e. The van der Waals surface area contributed by atoms with Gasteiger partial charge in [0, 0.05) is 11.8 Å². The highest BCUT2D eigenvalue weighted by atomic mass is 35.5. The van der Waals surface area contributed by atoms with E-state index in [1.54, 1.807) is 18.3 Å². The average Bonchev–Trinajstić information content (AvgIpc) is 2.35. The Morgan fingerprint density at radius 3 is 2.78 bits per heavy atom. The molecule has 0 aliphatic rings. The summed E-state index contributed by atoms with van der Waals surface area (Å²) in [7, 11) is 0. The molecule has 1 heterocycles.